The van der Waals surface area contributed by atoms with Gasteiger partial charge >= 0.3 is 0 Å². The SMILES string of the molecule is Cc1cc(Br)c(N=C=S)c(Br)c1. The second kappa shape index (κ2) is 4.28. The Morgan fingerprint density at radius 2 is 1.83 bits per heavy atom. The van der Waals surface area contributed by atoms with Crippen molar-refractivity contribution < 1.29 is 0 Å². The Morgan fingerprint density at radius 1 is 1.33 bits per heavy atom. The number of hydrogen-bond donors (Lipinski definition) is 0. The van der Waals surface area contributed by atoms with Gasteiger partial charge in [-0.3, -0.25) is 0 Å². The zero-order valence-corrected chi connectivity index (χ0v) is 10.3. The van der Waals surface area contributed by atoms with Crippen LogP contribution in [0.25, 0.3) is 0 Å². The molecular formula is C8H5Br2NS. The number of thiocarbonyl (C=S) groups is 1. The molecule has 0 amide bonds. The van der Waals surface area contributed by atoms with Gasteiger partial charge in [0.25, 0.3) is 0 Å². The van der Waals surface area contributed by atoms with Crippen molar-refractivity contribution in [3.63, 3.8) is 0 Å². The zero-order valence-electron chi connectivity index (χ0n) is 6.27. The molecule has 0 fully saturated rings. The third kappa shape index (κ3) is 2.23. The van der Waals surface area contributed by atoms with Gasteiger partial charge in [0, 0.05) is 8.95 Å². The van der Waals surface area contributed by atoms with E-state index in [1.54, 1.807) is 0 Å². The van der Waals surface area contributed by atoms with Gasteiger partial charge in [0.15, 0.2) is 0 Å². The standard InChI is InChI=1S/C8H5Br2NS/c1-5-2-6(9)8(11-4-12)7(10)3-5/h2-3H,1H3. The van der Waals surface area contributed by atoms with Crippen LogP contribution in [0.5, 0.6) is 0 Å². The minimum absolute atomic E-state index is 0.788. The number of isothiocyanates is 1. The van der Waals surface area contributed by atoms with E-state index in [1.165, 1.54) is 0 Å². The minimum Gasteiger partial charge on any atom is -0.192 e. The Balaban J connectivity index is 3.37. The molecule has 0 aliphatic rings. The van der Waals surface area contributed by atoms with Crippen LogP contribution >= 0.6 is 44.1 Å². The summed E-state index contributed by atoms with van der Waals surface area (Å²) in [6, 6.07) is 3.96. The topological polar surface area (TPSA) is 12.4 Å². The van der Waals surface area contributed by atoms with Crippen molar-refractivity contribution in [1.82, 2.24) is 0 Å². The van der Waals surface area contributed by atoms with Crippen molar-refractivity contribution in [2.45, 2.75) is 6.92 Å². The second-order valence-corrected chi connectivity index (χ2v) is 4.17. The average molecular weight is 307 g/mol. The fraction of sp³-hybridized carbons (Fsp3) is 0.125. The molecule has 0 saturated heterocycles. The molecule has 1 aromatic rings. The van der Waals surface area contributed by atoms with Crippen molar-refractivity contribution in [3.05, 3.63) is 26.6 Å². The van der Waals surface area contributed by atoms with Crippen LogP contribution in [0, 0.1) is 6.92 Å². The summed E-state index contributed by atoms with van der Waals surface area (Å²) in [6.07, 6.45) is 0. The van der Waals surface area contributed by atoms with Crippen LogP contribution in [0.3, 0.4) is 0 Å². The summed E-state index contributed by atoms with van der Waals surface area (Å²) in [4.78, 5) is 3.92. The first-order chi connectivity index (χ1) is 5.65. The van der Waals surface area contributed by atoms with Crippen LogP contribution in [0.15, 0.2) is 26.1 Å². The van der Waals surface area contributed by atoms with Gasteiger partial charge in [0.1, 0.15) is 5.69 Å². The van der Waals surface area contributed by atoms with Crippen LogP contribution in [0.2, 0.25) is 0 Å². The van der Waals surface area contributed by atoms with E-state index in [0.717, 1.165) is 20.2 Å². The van der Waals surface area contributed by atoms with E-state index in [4.69, 9.17) is 0 Å². The summed E-state index contributed by atoms with van der Waals surface area (Å²) in [5.41, 5.74) is 1.95. The predicted octanol–water partition coefficient (Wildman–Crippen LogP) is 4.25. The predicted molar refractivity (Wildman–Crippen MR) is 61.3 cm³/mol. The van der Waals surface area contributed by atoms with E-state index in [0.29, 0.717) is 0 Å². The Morgan fingerprint density at radius 3 is 2.25 bits per heavy atom. The Bertz CT molecular complexity index is 333. The lowest BCUT2D eigenvalue weighted by Crippen LogP contribution is -1.75. The Kier molecular flexibility index (Phi) is 3.59. The molecule has 0 unspecified atom stereocenters. The van der Waals surface area contributed by atoms with E-state index in [-0.39, 0.29) is 0 Å². The molecular weight excluding hydrogens is 302 g/mol. The van der Waals surface area contributed by atoms with Gasteiger partial charge in [-0.2, -0.15) is 4.99 Å². The lowest BCUT2D eigenvalue weighted by atomic mass is 10.2. The largest absolute Gasteiger partial charge is 0.192 e. The molecule has 62 valence electrons. The average Bonchev–Trinajstić information content (AvgIpc) is 1.96. The van der Waals surface area contributed by atoms with Gasteiger partial charge in [-0.05, 0) is 68.7 Å². The molecule has 1 rings (SSSR count). The van der Waals surface area contributed by atoms with E-state index >= 15 is 0 Å². The molecule has 0 heterocycles. The molecule has 1 aromatic carbocycles. The zero-order chi connectivity index (χ0) is 9.14. The fourth-order valence-electron chi connectivity index (χ4n) is 0.845. The normalized spacial score (nSPS) is 9.25. The van der Waals surface area contributed by atoms with Crippen LogP contribution in [-0.4, -0.2) is 5.16 Å². The lowest BCUT2D eigenvalue weighted by Gasteiger charge is -2.01. The third-order valence-corrected chi connectivity index (χ3v) is 2.62. The molecule has 1 nitrogen and oxygen atoms in total. The van der Waals surface area contributed by atoms with Gasteiger partial charge in [-0.1, -0.05) is 0 Å². The number of aliphatic imine (C=N–C) groups is 1. The molecule has 0 aliphatic carbocycles. The molecule has 0 aliphatic heterocycles. The number of benzene rings is 1. The van der Waals surface area contributed by atoms with Crippen LogP contribution in [0.1, 0.15) is 5.56 Å². The molecule has 0 saturated carbocycles. The van der Waals surface area contributed by atoms with E-state index in [1.807, 2.05) is 19.1 Å². The van der Waals surface area contributed by atoms with Crippen molar-refractivity contribution in [1.29, 1.82) is 0 Å². The Labute approximate surface area is 93.2 Å². The minimum atomic E-state index is 0.788. The molecule has 12 heavy (non-hydrogen) atoms. The van der Waals surface area contributed by atoms with E-state index < -0.39 is 0 Å². The van der Waals surface area contributed by atoms with Crippen molar-refractivity contribution in [2.75, 3.05) is 0 Å². The monoisotopic (exact) mass is 305 g/mol. The number of hydrogen-bond acceptors (Lipinski definition) is 2. The third-order valence-electron chi connectivity index (χ3n) is 1.32. The number of nitrogens with zero attached hydrogens (tertiary/aromatic N) is 1. The first kappa shape index (κ1) is 10.1. The molecule has 0 N–H and O–H groups in total. The first-order valence-electron chi connectivity index (χ1n) is 3.18. The summed E-state index contributed by atoms with van der Waals surface area (Å²) in [5, 5.41) is 2.33. The van der Waals surface area contributed by atoms with Gasteiger partial charge in [0.2, 0.25) is 0 Å². The highest BCUT2D eigenvalue weighted by Crippen LogP contribution is 2.34. The highest BCUT2D eigenvalue weighted by molar-refractivity contribution is 9.11. The molecule has 4 heteroatoms. The maximum atomic E-state index is 4.53. The first-order valence-corrected chi connectivity index (χ1v) is 5.18. The van der Waals surface area contributed by atoms with Gasteiger partial charge in [0.05, 0.1) is 5.16 Å². The quantitative estimate of drug-likeness (QED) is 0.558. The summed E-state index contributed by atoms with van der Waals surface area (Å²) < 4.78 is 1.85. The lowest BCUT2D eigenvalue weighted by molar-refractivity contribution is 1.39. The van der Waals surface area contributed by atoms with Crippen molar-refractivity contribution in [2.24, 2.45) is 4.99 Å². The van der Waals surface area contributed by atoms with Gasteiger partial charge < -0.3 is 0 Å². The number of rotatable bonds is 1. The maximum absolute atomic E-state index is 4.53. The highest BCUT2D eigenvalue weighted by atomic mass is 79.9. The summed E-state index contributed by atoms with van der Waals surface area (Å²) in [5.74, 6) is 0. The molecule has 0 aromatic heterocycles. The van der Waals surface area contributed by atoms with Crippen LogP contribution in [0.4, 0.5) is 5.69 Å². The molecule has 0 spiro atoms. The summed E-state index contributed by atoms with van der Waals surface area (Å²) >= 11 is 11.3. The number of halogens is 2. The fourth-order valence-corrected chi connectivity index (χ4v) is 2.53. The maximum Gasteiger partial charge on any atom is 0.102 e. The van der Waals surface area contributed by atoms with Crippen molar-refractivity contribution >= 4 is 54.9 Å². The van der Waals surface area contributed by atoms with E-state index in [9.17, 15) is 0 Å². The second-order valence-electron chi connectivity index (χ2n) is 2.28. The van der Waals surface area contributed by atoms with Crippen LogP contribution < -0.4 is 0 Å². The smallest absolute Gasteiger partial charge is 0.102 e. The van der Waals surface area contributed by atoms with Crippen LogP contribution in [-0.2, 0) is 0 Å². The number of aryl methyl sites for hydroxylation is 1. The van der Waals surface area contributed by atoms with Crippen molar-refractivity contribution in [3.8, 4) is 0 Å². The molecule has 0 radical (unpaired) electrons. The van der Waals surface area contributed by atoms with E-state index in [2.05, 4.69) is 54.2 Å². The molecule has 0 bridgehead atoms. The highest BCUT2D eigenvalue weighted by Gasteiger charge is 2.03. The Hall–Kier alpha value is -0.0200. The summed E-state index contributed by atoms with van der Waals surface area (Å²) in [7, 11) is 0. The molecule has 0 atom stereocenters. The summed E-state index contributed by atoms with van der Waals surface area (Å²) in [6.45, 7) is 2.01. The van der Waals surface area contributed by atoms with Gasteiger partial charge in [-0.25, -0.2) is 0 Å². The van der Waals surface area contributed by atoms with Gasteiger partial charge in [-0.15, -0.1) is 0 Å².